The summed E-state index contributed by atoms with van der Waals surface area (Å²) < 4.78 is 5.04. The van der Waals surface area contributed by atoms with Crippen LogP contribution in [0.4, 0.5) is 5.69 Å². The molecule has 1 atom stereocenters. The van der Waals surface area contributed by atoms with Crippen LogP contribution < -0.4 is 4.90 Å². The van der Waals surface area contributed by atoms with Crippen molar-refractivity contribution in [2.45, 2.75) is 26.0 Å². The molecule has 0 unspecified atom stereocenters. The maximum Gasteiger partial charge on any atom is 0.0957 e. The van der Waals surface area contributed by atoms with Crippen molar-refractivity contribution < 1.29 is 9.52 Å². The molecule has 2 rings (SSSR count). The molecule has 96 valence electrons. The third kappa shape index (κ3) is 2.90. The van der Waals surface area contributed by atoms with Crippen molar-refractivity contribution >= 4 is 5.69 Å². The molecule has 0 fully saturated rings. The molecule has 2 heterocycles. The zero-order chi connectivity index (χ0) is 13.0. The van der Waals surface area contributed by atoms with Crippen molar-refractivity contribution in [3.8, 4) is 0 Å². The second kappa shape index (κ2) is 5.69. The van der Waals surface area contributed by atoms with Gasteiger partial charge in [0.2, 0.25) is 0 Å². The highest BCUT2D eigenvalue weighted by Crippen LogP contribution is 2.19. The van der Waals surface area contributed by atoms with Crippen LogP contribution >= 0.6 is 0 Å². The lowest BCUT2D eigenvalue weighted by Gasteiger charge is -2.18. The van der Waals surface area contributed by atoms with Crippen molar-refractivity contribution in [2.24, 2.45) is 0 Å². The van der Waals surface area contributed by atoms with Crippen LogP contribution in [0.2, 0.25) is 0 Å². The van der Waals surface area contributed by atoms with Gasteiger partial charge in [-0.05, 0) is 24.6 Å². The Balaban J connectivity index is 2.04. The first-order valence-electron chi connectivity index (χ1n) is 6.07. The van der Waals surface area contributed by atoms with Crippen molar-refractivity contribution in [2.75, 3.05) is 11.9 Å². The number of aliphatic hydroxyl groups is 1. The predicted octanol–water partition coefficient (Wildman–Crippen LogP) is 2.75. The highest BCUT2D eigenvalue weighted by molar-refractivity contribution is 5.44. The van der Waals surface area contributed by atoms with Gasteiger partial charge in [-0.1, -0.05) is 6.92 Å². The average molecular weight is 246 g/mol. The smallest absolute Gasteiger partial charge is 0.0957 e. The van der Waals surface area contributed by atoms with Gasteiger partial charge in [-0.2, -0.15) is 0 Å². The third-order valence-electron chi connectivity index (χ3n) is 2.94. The molecule has 2 aromatic heterocycles. The van der Waals surface area contributed by atoms with Crippen LogP contribution in [-0.4, -0.2) is 17.1 Å². The number of hydrogen-bond donors (Lipinski definition) is 1. The fourth-order valence-electron chi connectivity index (χ4n) is 1.78. The van der Waals surface area contributed by atoms with Gasteiger partial charge in [0.25, 0.3) is 0 Å². The minimum absolute atomic E-state index is 0.474. The standard InChI is InChI=1S/C14H18N2O2/c1-3-14(17)13-5-4-12(8-15-13)16(2)9-11-6-7-18-10-11/h4-8,10,14,17H,3,9H2,1-2H3/t14-/m1/s1. The normalized spacial score (nSPS) is 12.4. The van der Waals surface area contributed by atoms with E-state index >= 15 is 0 Å². The highest BCUT2D eigenvalue weighted by Gasteiger charge is 2.08. The van der Waals surface area contributed by atoms with Gasteiger partial charge in [0.05, 0.1) is 36.2 Å². The molecule has 0 bridgehead atoms. The van der Waals surface area contributed by atoms with E-state index in [4.69, 9.17) is 4.42 Å². The van der Waals surface area contributed by atoms with Crippen LogP contribution in [0.25, 0.3) is 0 Å². The summed E-state index contributed by atoms with van der Waals surface area (Å²) in [5.41, 5.74) is 2.86. The maximum absolute atomic E-state index is 9.68. The third-order valence-corrected chi connectivity index (χ3v) is 2.94. The molecule has 0 amide bonds. The fourth-order valence-corrected chi connectivity index (χ4v) is 1.78. The Kier molecular flexibility index (Phi) is 3.99. The number of pyridine rings is 1. The molecule has 4 heteroatoms. The van der Waals surface area contributed by atoms with E-state index in [1.165, 1.54) is 0 Å². The second-order valence-corrected chi connectivity index (χ2v) is 4.35. The number of anilines is 1. The summed E-state index contributed by atoms with van der Waals surface area (Å²) in [6.07, 6.45) is 5.39. The Labute approximate surface area is 107 Å². The number of furan rings is 1. The van der Waals surface area contributed by atoms with Crippen LogP contribution in [0.5, 0.6) is 0 Å². The number of rotatable bonds is 5. The molecule has 4 nitrogen and oxygen atoms in total. The summed E-state index contributed by atoms with van der Waals surface area (Å²) >= 11 is 0. The van der Waals surface area contributed by atoms with Crippen LogP contribution in [0.3, 0.4) is 0 Å². The van der Waals surface area contributed by atoms with Gasteiger partial charge < -0.3 is 14.4 Å². The summed E-state index contributed by atoms with van der Waals surface area (Å²) in [7, 11) is 2.00. The molecule has 0 radical (unpaired) electrons. The first kappa shape index (κ1) is 12.6. The van der Waals surface area contributed by atoms with Crippen LogP contribution in [0.1, 0.15) is 30.7 Å². The van der Waals surface area contributed by atoms with Crippen LogP contribution in [0, 0.1) is 0 Å². The van der Waals surface area contributed by atoms with E-state index in [0.717, 1.165) is 23.5 Å². The highest BCUT2D eigenvalue weighted by atomic mass is 16.3. The number of nitrogens with zero attached hydrogens (tertiary/aromatic N) is 2. The van der Waals surface area contributed by atoms with E-state index in [2.05, 4.69) is 9.88 Å². The SMILES string of the molecule is CC[C@@H](O)c1ccc(N(C)Cc2ccoc2)cn1. The lowest BCUT2D eigenvalue weighted by atomic mass is 10.2. The Bertz CT molecular complexity index is 465. The summed E-state index contributed by atoms with van der Waals surface area (Å²) in [5, 5.41) is 9.68. The van der Waals surface area contributed by atoms with Gasteiger partial charge in [-0.3, -0.25) is 4.98 Å². The van der Waals surface area contributed by atoms with Crippen molar-refractivity contribution in [1.82, 2.24) is 4.98 Å². The van der Waals surface area contributed by atoms with E-state index in [0.29, 0.717) is 6.42 Å². The molecule has 2 aromatic rings. The van der Waals surface area contributed by atoms with E-state index in [1.54, 1.807) is 18.7 Å². The number of hydrogen-bond acceptors (Lipinski definition) is 4. The zero-order valence-electron chi connectivity index (χ0n) is 10.7. The molecular weight excluding hydrogens is 228 g/mol. The molecule has 0 saturated carbocycles. The largest absolute Gasteiger partial charge is 0.472 e. The lowest BCUT2D eigenvalue weighted by Crippen LogP contribution is -2.16. The predicted molar refractivity (Wildman–Crippen MR) is 70.3 cm³/mol. The number of aliphatic hydroxyl groups excluding tert-OH is 1. The molecule has 0 aliphatic heterocycles. The van der Waals surface area contributed by atoms with Crippen LogP contribution in [0.15, 0.2) is 41.3 Å². The van der Waals surface area contributed by atoms with Gasteiger partial charge in [-0.15, -0.1) is 0 Å². The Morgan fingerprint density at radius 2 is 2.22 bits per heavy atom. The molecule has 1 N–H and O–H groups in total. The number of aromatic nitrogens is 1. The van der Waals surface area contributed by atoms with E-state index in [9.17, 15) is 5.11 Å². The minimum Gasteiger partial charge on any atom is -0.472 e. The minimum atomic E-state index is -0.474. The molecule has 0 aromatic carbocycles. The van der Waals surface area contributed by atoms with Crippen molar-refractivity contribution in [3.63, 3.8) is 0 Å². The first-order valence-corrected chi connectivity index (χ1v) is 6.07. The quantitative estimate of drug-likeness (QED) is 0.881. The van der Waals surface area contributed by atoms with Gasteiger partial charge >= 0.3 is 0 Å². The zero-order valence-corrected chi connectivity index (χ0v) is 10.7. The summed E-state index contributed by atoms with van der Waals surface area (Å²) in [5.74, 6) is 0. The Morgan fingerprint density at radius 3 is 2.78 bits per heavy atom. The van der Waals surface area contributed by atoms with E-state index in [-0.39, 0.29) is 0 Å². The lowest BCUT2D eigenvalue weighted by molar-refractivity contribution is 0.169. The van der Waals surface area contributed by atoms with Crippen molar-refractivity contribution in [1.29, 1.82) is 0 Å². The Morgan fingerprint density at radius 1 is 1.39 bits per heavy atom. The monoisotopic (exact) mass is 246 g/mol. The summed E-state index contributed by atoms with van der Waals surface area (Å²) in [6, 6.07) is 5.79. The van der Waals surface area contributed by atoms with Gasteiger partial charge in [0.15, 0.2) is 0 Å². The molecule has 0 aliphatic carbocycles. The van der Waals surface area contributed by atoms with Gasteiger partial charge in [-0.25, -0.2) is 0 Å². The fraction of sp³-hybridized carbons (Fsp3) is 0.357. The first-order chi connectivity index (χ1) is 8.70. The second-order valence-electron chi connectivity index (χ2n) is 4.35. The van der Waals surface area contributed by atoms with Crippen LogP contribution in [-0.2, 0) is 6.54 Å². The van der Waals surface area contributed by atoms with Gasteiger partial charge in [0, 0.05) is 19.2 Å². The maximum atomic E-state index is 9.68. The van der Waals surface area contributed by atoms with E-state index < -0.39 is 6.10 Å². The molecule has 0 aliphatic rings. The summed E-state index contributed by atoms with van der Waals surface area (Å²) in [6.45, 7) is 2.71. The Hall–Kier alpha value is -1.81. The topological polar surface area (TPSA) is 49.5 Å². The average Bonchev–Trinajstić information content (AvgIpc) is 2.91. The summed E-state index contributed by atoms with van der Waals surface area (Å²) in [4.78, 5) is 6.37. The molecule has 0 saturated heterocycles. The van der Waals surface area contributed by atoms with Gasteiger partial charge in [0.1, 0.15) is 0 Å². The molecule has 18 heavy (non-hydrogen) atoms. The molecule has 0 spiro atoms. The van der Waals surface area contributed by atoms with E-state index in [1.807, 2.05) is 32.2 Å². The molecular formula is C14H18N2O2. The van der Waals surface area contributed by atoms with Crippen molar-refractivity contribution in [3.05, 3.63) is 48.2 Å².